The van der Waals surface area contributed by atoms with Crippen molar-refractivity contribution in [2.75, 3.05) is 43.5 Å². The number of anilines is 2. The van der Waals surface area contributed by atoms with Crippen molar-refractivity contribution in [2.45, 2.75) is 32.9 Å². The molecule has 2 aromatic rings. The van der Waals surface area contributed by atoms with Crippen molar-refractivity contribution in [1.82, 2.24) is 19.9 Å². The molecule has 1 amide bonds. The molecule has 3 heterocycles. The van der Waals surface area contributed by atoms with E-state index in [0.29, 0.717) is 31.3 Å². The second-order valence-electron chi connectivity index (χ2n) is 7.78. The second kappa shape index (κ2) is 8.93. The van der Waals surface area contributed by atoms with Gasteiger partial charge >= 0.3 is 6.09 Å². The normalized spacial score (nSPS) is 14.5. The van der Waals surface area contributed by atoms with Gasteiger partial charge in [0, 0.05) is 38.9 Å². The molecular formula is C20H28N6O3. The topological polar surface area (TPSA) is 92.7 Å². The van der Waals surface area contributed by atoms with Gasteiger partial charge in [-0.05, 0) is 32.4 Å². The minimum Gasteiger partial charge on any atom is -0.480 e. The van der Waals surface area contributed by atoms with Crippen molar-refractivity contribution in [1.29, 1.82) is 0 Å². The van der Waals surface area contributed by atoms with Gasteiger partial charge in [-0.15, -0.1) is 0 Å². The first-order valence-electron chi connectivity index (χ1n) is 9.62. The van der Waals surface area contributed by atoms with E-state index in [1.165, 1.54) is 0 Å². The summed E-state index contributed by atoms with van der Waals surface area (Å²) >= 11 is 0. The molecule has 1 aliphatic heterocycles. The van der Waals surface area contributed by atoms with Gasteiger partial charge in [0.2, 0.25) is 5.88 Å². The third-order valence-electron chi connectivity index (χ3n) is 4.36. The summed E-state index contributed by atoms with van der Waals surface area (Å²) in [5.41, 5.74) is 0.557. The van der Waals surface area contributed by atoms with Crippen LogP contribution in [-0.2, 0) is 11.3 Å². The van der Waals surface area contributed by atoms with Gasteiger partial charge in [-0.1, -0.05) is 6.07 Å². The van der Waals surface area contributed by atoms with Crippen molar-refractivity contribution >= 4 is 17.7 Å². The number of amides is 1. The molecule has 0 atom stereocenters. The van der Waals surface area contributed by atoms with Crippen LogP contribution in [0.25, 0.3) is 0 Å². The number of hydrogen-bond donors (Lipinski definition) is 1. The highest BCUT2D eigenvalue weighted by Crippen LogP contribution is 2.17. The molecule has 1 saturated heterocycles. The average Bonchev–Trinajstić information content (AvgIpc) is 2.72. The van der Waals surface area contributed by atoms with E-state index in [-0.39, 0.29) is 6.09 Å². The molecule has 0 spiro atoms. The third kappa shape index (κ3) is 5.94. The van der Waals surface area contributed by atoms with E-state index >= 15 is 0 Å². The zero-order valence-corrected chi connectivity index (χ0v) is 17.4. The van der Waals surface area contributed by atoms with Crippen LogP contribution in [0.4, 0.5) is 16.4 Å². The Morgan fingerprint density at radius 2 is 1.90 bits per heavy atom. The number of nitrogens with zero attached hydrogens (tertiary/aromatic N) is 5. The minimum atomic E-state index is -0.476. The molecule has 9 heteroatoms. The summed E-state index contributed by atoms with van der Waals surface area (Å²) in [6, 6.07) is 4.03. The van der Waals surface area contributed by atoms with Gasteiger partial charge in [0.15, 0.2) is 0 Å². The molecule has 0 saturated carbocycles. The number of hydrogen-bond acceptors (Lipinski definition) is 8. The van der Waals surface area contributed by atoms with Gasteiger partial charge in [0.1, 0.15) is 17.2 Å². The maximum absolute atomic E-state index is 12.2. The molecule has 1 fully saturated rings. The first kappa shape index (κ1) is 20.6. The smallest absolute Gasteiger partial charge is 0.410 e. The maximum atomic E-state index is 12.2. The van der Waals surface area contributed by atoms with Crippen molar-refractivity contribution in [3.8, 4) is 5.88 Å². The van der Waals surface area contributed by atoms with E-state index in [2.05, 4.69) is 25.2 Å². The number of carbonyl (C=O) groups excluding carboxylic acids is 1. The largest absolute Gasteiger partial charge is 0.480 e. The molecule has 0 radical (unpaired) electrons. The van der Waals surface area contributed by atoms with E-state index in [1.807, 2.05) is 39.1 Å². The molecule has 29 heavy (non-hydrogen) atoms. The van der Waals surface area contributed by atoms with Crippen LogP contribution in [0.15, 0.2) is 30.7 Å². The molecule has 1 aliphatic rings. The summed E-state index contributed by atoms with van der Waals surface area (Å²) in [5, 5.41) is 3.21. The number of nitrogens with one attached hydrogen (secondary N) is 1. The fraction of sp³-hybridized carbons (Fsp3) is 0.500. The molecular weight excluding hydrogens is 372 g/mol. The van der Waals surface area contributed by atoms with Gasteiger partial charge in [0.05, 0.1) is 19.5 Å². The minimum absolute atomic E-state index is 0.257. The average molecular weight is 400 g/mol. The number of ether oxygens (including phenoxy) is 2. The SMILES string of the molecule is COc1cncc(NCc2ccc(N3CCN(C(=O)OC(C)(C)C)CC3)nc2)n1. The molecule has 0 unspecified atom stereocenters. The van der Waals surface area contributed by atoms with Crippen LogP contribution in [0.5, 0.6) is 5.88 Å². The Balaban J connectivity index is 1.50. The second-order valence-corrected chi connectivity index (χ2v) is 7.78. The Morgan fingerprint density at radius 1 is 1.14 bits per heavy atom. The molecule has 3 rings (SSSR count). The lowest BCUT2D eigenvalue weighted by Crippen LogP contribution is -2.50. The van der Waals surface area contributed by atoms with Gasteiger partial charge < -0.3 is 24.6 Å². The fourth-order valence-corrected chi connectivity index (χ4v) is 2.88. The van der Waals surface area contributed by atoms with Crippen LogP contribution in [0, 0.1) is 0 Å². The summed E-state index contributed by atoms with van der Waals surface area (Å²) in [4.78, 5) is 29.0. The van der Waals surface area contributed by atoms with Gasteiger partial charge in [-0.25, -0.2) is 9.78 Å². The third-order valence-corrected chi connectivity index (χ3v) is 4.36. The van der Waals surface area contributed by atoms with Crippen LogP contribution >= 0.6 is 0 Å². The number of rotatable bonds is 5. The zero-order chi connectivity index (χ0) is 20.9. The van der Waals surface area contributed by atoms with E-state index in [4.69, 9.17) is 9.47 Å². The predicted octanol–water partition coefficient (Wildman–Crippen LogP) is 2.55. The monoisotopic (exact) mass is 400 g/mol. The van der Waals surface area contributed by atoms with Crippen molar-refractivity contribution in [3.63, 3.8) is 0 Å². The molecule has 156 valence electrons. The van der Waals surface area contributed by atoms with Gasteiger partial charge in [-0.2, -0.15) is 4.98 Å². The number of piperazine rings is 1. The summed E-state index contributed by atoms with van der Waals surface area (Å²) in [6.07, 6.45) is 4.79. The number of methoxy groups -OCH3 is 1. The summed E-state index contributed by atoms with van der Waals surface area (Å²) in [7, 11) is 1.56. The van der Waals surface area contributed by atoms with Crippen LogP contribution in [-0.4, -0.2) is 64.8 Å². The Labute approximate surface area is 171 Å². The lowest BCUT2D eigenvalue weighted by molar-refractivity contribution is 0.0240. The molecule has 1 N–H and O–H groups in total. The van der Waals surface area contributed by atoms with E-state index in [9.17, 15) is 4.79 Å². The molecule has 0 bridgehead atoms. The standard InChI is InChI=1S/C20H28N6O3/c1-20(2,3)29-19(27)26-9-7-25(8-10-26)17-6-5-15(12-23-17)11-22-16-13-21-14-18(24-16)28-4/h5-6,12-14H,7-11H2,1-4H3,(H,22,24). The number of pyridine rings is 1. The van der Waals surface area contributed by atoms with Crippen LogP contribution < -0.4 is 15.0 Å². The van der Waals surface area contributed by atoms with Crippen LogP contribution in [0.1, 0.15) is 26.3 Å². The predicted molar refractivity (Wildman–Crippen MR) is 110 cm³/mol. The first-order valence-corrected chi connectivity index (χ1v) is 9.62. The van der Waals surface area contributed by atoms with Crippen LogP contribution in [0.2, 0.25) is 0 Å². The highest BCUT2D eigenvalue weighted by molar-refractivity contribution is 5.68. The highest BCUT2D eigenvalue weighted by atomic mass is 16.6. The lowest BCUT2D eigenvalue weighted by Gasteiger charge is -2.36. The highest BCUT2D eigenvalue weighted by Gasteiger charge is 2.26. The van der Waals surface area contributed by atoms with Gasteiger partial charge in [0.25, 0.3) is 0 Å². The van der Waals surface area contributed by atoms with Crippen molar-refractivity contribution in [3.05, 3.63) is 36.3 Å². The summed E-state index contributed by atoms with van der Waals surface area (Å²) in [6.45, 7) is 8.91. The Bertz CT molecular complexity index is 814. The number of carbonyl (C=O) groups is 1. The van der Waals surface area contributed by atoms with Crippen molar-refractivity contribution < 1.29 is 14.3 Å². The van der Waals surface area contributed by atoms with E-state index in [0.717, 1.165) is 24.5 Å². The lowest BCUT2D eigenvalue weighted by atomic mass is 10.2. The summed E-state index contributed by atoms with van der Waals surface area (Å²) < 4.78 is 10.5. The quantitative estimate of drug-likeness (QED) is 0.819. The van der Waals surface area contributed by atoms with E-state index in [1.54, 1.807) is 24.4 Å². The first-order chi connectivity index (χ1) is 13.8. The molecule has 2 aromatic heterocycles. The molecule has 9 nitrogen and oxygen atoms in total. The number of aromatic nitrogens is 3. The molecule has 0 aromatic carbocycles. The summed E-state index contributed by atoms with van der Waals surface area (Å²) in [5.74, 6) is 2.01. The zero-order valence-electron chi connectivity index (χ0n) is 17.4. The Kier molecular flexibility index (Phi) is 6.36. The fourth-order valence-electron chi connectivity index (χ4n) is 2.88. The molecule has 0 aliphatic carbocycles. The van der Waals surface area contributed by atoms with Crippen LogP contribution in [0.3, 0.4) is 0 Å². The van der Waals surface area contributed by atoms with Gasteiger partial charge in [-0.3, -0.25) is 4.98 Å². The van der Waals surface area contributed by atoms with Crippen molar-refractivity contribution in [2.24, 2.45) is 0 Å². The Hall–Kier alpha value is -3.10. The van der Waals surface area contributed by atoms with E-state index < -0.39 is 5.60 Å². The Morgan fingerprint density at radius 3 is 2.52 bits per heavy atom. The maximum Gasteiger partial charge on any atom is 0.410 e.